The van der Waals surface area contributed by atoms with Crippen LogP contribution in [0.5, 0.6) is 0 Å². The van der Waals surface area contributed by atoms with Gasteiger partial charge in [-0.3, -0.25) is 14.1 Å². The smallest absolute Gasteiger partial charge is 0.462 e. The monoisotopic (exact) mass is 736 g/mol. The number of phosphoric acid groups is 1. The average Bonchev–Trinajstić information content (AvgIpc) is 3.09. The van der Waals surface area contributed by atoms with Crippen LogP contribution in [0.4, 0.5) is 0 Å². The first-order valence-electron chi connectivity index (χ1n) is 19.3. The summed E-state index contributed by atoms with van der Waals surface area (Å²) in [4.78, 5) is 42.7. The zero-order chi connectivity index (χ0) is 37.7. The quantitative estimate of drug-likeness (QED) is 0.0194. The zero-order valence-corrected chi connectivity index (χ0v) is 32.5. The Morgan fingerprint density at radius 2 is 1.14 bits per heavy atom. The second-order valence-electron chi connectivity index (χ2n) is 12.7. The van der Waals surface area contributed by atoms with E-state index in [0.29, 0.717) is 25.7 Å². The fourth-order valence-corrected chi connectivity index (χ4v) is 5.19. The van der Waals surface area contributed by atoms with Gasteiger partial charge in [0.2, 0.25) is 0 Å². The molecule has 0 saturated heterocycles. The maximum atomic E-state index is 12.4. The summed E-state index contributed by atoms with van der Waals surface area (Å²) in [5.74, 6) is -1.04. The molecule has 0 amide bonds. The van der Waals surface area contributed by atoms with E-state index < -0.39 is 38.6 Å². The van der Waals surface area contributed by atoms with Gasteiger partial charge >= 0.3 is 19.8 Å². The Kier molecular flexibility index (Phi) is 34.0. The van der Waals surface area contributed by atoms with Crippen molar-refractivity contribution in [2.24, 2.45) is 0 Å². The van der Waals surface area contributed by atoms with Crippen LogP contribution in [0.1, 0.15) is 149 Å². The Bertz CT molecular complexity index is 1070. The molecule has 0 radical (unpaired) electrons. The van der Waals surface area contributed by atoms with E-state index in [1.165, 1.54) is 38.5 Å². The number of hydrogen-bond acceptors (Lipinski definition) is 7. The van der Waals surface area contributed by atoms with Crippen LogP contribution in [0.25, 0.3) is 0 Å². The number of phosphoric ester groups is 1. The van der Waals surface area contributed by atoms with Gasteiger partial charge in [-0.1, -0.05) is 132 Å². The summed E-state index contributed by atoms with van der Waals surface area (Å²) in [6, 6.07) is 0. The summed E-state index contributed by atoms with van der Waals surface area (Å²) in [7, 11) is -4.80. The first-order valence-corrected chi connectivity index (χ1v) is 20.9. The number of allylic oxidation sites excluding steroid dienone is 10. The topological polar surface area (TPSA) is 140 Å². The van der Waals surface area contributed by atoms with Crippen LogP contribution in [0.3, 0.4) is 0 Å². The number of ether oxygens (including phenoxy) is 2. The van der Waals surface area contributed by atoms with Gasteiger partial charge in [-0.15, -0.1) is 0 Å². The van der Waals surface area contributed by atoms with Gasteiger partial charge in [0.05, 0.1) is 12.7 Å². The lowest BCUT2D eigenvalue weighted by atomic mass is 10.1. The Morgan fingerprint density at radius 3 is 1.75 bits per heavy atom. The summed E-state index contributed by atoms with van der Waals surface area (Å²) in [6.45, 7) is 3.47. The van der Waals surface area contributed by atoms with Crippen LogP contribution in [0.2, 0.25) is 0 Å². The maximum absolute atomic E-state index is 12.4. The highest BCUT2D eigenvalue weighted by Gasteiger charge is 2.22. The van der Waals surface area contributed by atoms with Crippen molar-refractivity contribution in [2.75, 3.05) is 13.2 Å². The second kappa shape index (κ2) is 35.8. The molecule has 51 heavy (non-hydrogen) atoms. The summed E-state index contributed by atoms with van der Waals surface area (Å²) < 4.78 is 26.2. The molecule has 0 spiro atoms. The van der Waals surface area contributed by atoms with Gasteiger partial charge in [0.25, 0.3) is 0 Å². The van der Waals surface area contributed by atoms with E-state index in [2.05, 4.69) is 60.9 Å². The molecule has 10 heteroatoms. The molecule has 9 nitrogen and oxygen atoms in total. The highest BCUT2D eigenvalue weighted by atomic mass is 31.2. The van der Waals surface area contributed by atoms with E-state index in [9.17, 15) is 19.3 Å². The van der Waals surface area contributed by atoms with Crippen molar-refractivity contribution in [2.45, 2.75) is 161 Å². The van der Waals surface area contributed by atoms with Crippen LogP contribution in [0.15, 0.2) is 72.9 Å². The predicted octanol–water partition coefficient (Wildman–Crippen LogP) is 10.5. The van der Waals surface area contributed by atoms with Gasteiger partial charge < -0.3 is 24.4 Å². The summed E-state index contributed by atoms with van der Waals surface area (Å²) >= 11 is 0. The molecule has 0 aliphatic heterocycles. The Hall–Kier alpha value is -2.55. The molecule has 0 aliphatic carbocycles. The number of hydrogen-bond donors (Lipinski definition) is 3. The van der Waals surface area contributed by atoms with Gasteiger partial charge in [0.1, 0.15) is 6.61 Å². The summed E-state index contributed by atoms with van der Waals surface area (Å²) in [5, 5.41) is 10.1. The van der Waals surface area contributed by atoms with E-state index in [1.54, 1.807) is 12.2 Å². The van der Waals surface area contributed by atoms with Gasteiger partial charge in [0, 0.05) is 12.8 Å². The third kappa shape index (κ3) is 38.5. The van der Waals surface area contributed by atoms with Crippen molar-refractivity contribution < 1.29 is 43.0 Å². The first-order chi connectivity index (χ1) is 24.7. The normalized spacial score (nSPS) is 13.9. The van der Waals surface area contributed by atoms with Crippen LogP contribution in [0, 0.1) is 0 Å². The van der Waals surface area contributed by atoms with Crippen molar-refractivity contribution in [3.05, 3.63) is 72.9 Å². The van der Waals surface area contributed by atoms with Crippen LogP contribution >= 0.6 is 7.82 Å². The number of carbonyl (C=O) groups is 2. The number of aliphatic hydroxyl groups is 1. The molecule has 292 valence electrons. The van der Waals surface area contributed by atoms with E-state index in [4.69, 9.17) is 19.3 Å². The van der Waals surface area contributed by atoms with Crippen molar-refractivity contribution in [1.29, 1.82) is 0 Å². The molecule has 0 fully saturated rings. The molecule has 0 rings (SSSR count). The van der Waals surface area contributed by atoms with Crippen molar-refractivity contribution in [3.63, 3.8) is 0 Å². The number of carbonyl (C=O) groups excluding carboxylic acids is 2. The Balaban J connectivity index is 4.20. The lowest BCUT2D eigenvalue weighted by molar-refractivity contribution is -0.161. The second-order valence-corrected chi connectivity index (χ2v) is 14.0. The highest BCUT2D eigenvalue weighted by Crippen LogP contribution is 2.35. The Labute approximate surface area is 309 Å². The third-order valence-electron chi connectivity index (χ3n) is 7.78. The number of aliphatic hydroxyl groups excluding tert-OH is 1. The molecule has 0 aliphatic rings. The molecule has 3 N–H and O–H groups in total. The highest BCUT2D eigenvalue weighted by molar-refractivity contribution is 7.46. The fraction of sp³-hybridized carbons (Fsp3) is 0.659. The van der Waals surface area contributed by atoms with Gasteiger partial charge in [-0.25, -0.2) is 4.57 Å². The minimum Gasteiger partial charge on any atom is -0.462 e. The number of rotatable bonds is 34. The van der Waals surface area contributed by atoms with Crippen molar-refractivity contribution in [3.8, 4) is 0 Å². The van der Waals surface area contributed by atoms with Gasteiger partial charge in [0.15, 0.2) is 6.10 Å². The van der Waals surface area contributed by atoms with Crippen LogP contribution in [-0.2, 0) is 28.2 Å². The van der Waals surface area contributed by atoms with Crippen molar-refractivity contribution in [1.82, 2.24) is 0 Å². The van der Waals surface area contributed by atoms with Crippen LogP contribution in [-0.4, -0.2) is 52.3 Å². The third-order valence-corrected chi connectivity index (χ3v) is 8.26. The van der Waals surface area contributed by atoms with Gasteiger partial charge in [-0.05, 0) is 77.0 Å². The SMILES string of the molecule is CCCCC/C=C\C/C=C\CCCCCCCC(=O)OC[C@H](COP(=O)(O)O)OC(=O)CCC/C=C/C=C\C(O)C/C=C\C/C=C\CCCCC. The van der Waals surface area contributed by atoms with Gasteiger partial charge in [-0.2, -0.15) is 0 Å². The zero-order valence-electron chi connectivity index (χ0n) is 31.6. The Morgan fingerprint density at radius 1 is 0.608 bits per heavy atom. The molecule has 0 saturated carbocycles. The summed E-state index contributed by atoms with van der Waals surface area (Å²) in [5.41, 5.74) is 0. The number of esters is 2. The summed E-state index contributed by atoms with van der Waals surface area (Å²) in [6.07, 6.45) is 42.2. The number of unbranched alkanes of at least 4 members (excludes halogenated alkanes) is 12. The van der Waals surface area contributed by atoms with Crippen LogP contribution < -0.4 is 0 Å². The van der Waals surface area contributed by atoms with E-state index in [0.717, 1.165) is 57.8 Å². The molecular formula is C41H69O9P. The maximum Gasteiger partial charge on any atom is 0.469 e. The molecule has 0 aromatic rings. The molecule has 0 heterocycles. The standard InChI is InChI=1S/C41H69O9P/c1-3-5-7-9-11-13-14-15-16-17-18-20-22-26-30-34-40(43)48-36-39(37-49-51(45,46)47)50-41(44)35-31-27-23-25-29-33-38(42)32-28-24-21-19-12-10-8-6-4-2/h11-13,15-16,19,23-25,28-29,33,38-39,42H,3-10,14,17-18,20-22,26-27,30-32,34-37H2,1-2H3,(H2,45,46,47)/b13-11-,16-15-,19-12-,25-23+,28-24-,33-29-/t38?,39-/m1/s1. The lowest BCUT2D eigenvalue weighted by Gasteiger charge is -2.18. The van der Waals surface area contributed by atoms with Crippen molar-refractivity contribution >= 4 is 19.8 Å². The minimum absolute atomic E-state index is 0.0703. The van der Waals surface area contributed by atoms with E-state index in [1.807, 2.05) is 18.2 Å². The van der Waals surface area contributed by atoms with E-state index >= 15 is 0 Å². The molecule has 1 unspecified atom stereocenters. The first kappa shape index (κ1) is 48.5. The largest absolute Gasteiger partial charge is 0.469 e. The molecule has 0 bridgehead atoms. The minimum atomic E-state index is -4.80. The predicted molar refractivity (Wildman–Crippen MR) is 208 cm³/mol. The molecular weight excluding hydrogens is 667 g/mol. The molecule has 0 aromatic carbocycles. The van der Waals surface area contributed by atoms with E-state index in [-0.39, 0.29) is 19.4 Å². The molecule has 2 atom stereocenters. The lowest BCUT2D eigenvalue weighted by Crippen LogP contribution is -2.29. The fourth-order valence-electron chi connectivity index (χ4n) is 4.83. The average molecular weight is 737 g/mol. The molecule has 0 aromatic heterocycles.